The molecule has 0 aromatic heterocycles. The lowest BCUT2D eigenvalue weighted by atomic mass is 10.0. The number of carbonyl (C=O) groups excluding carboxylic acids is 2. The molecule has 464 valence electrons. The lowest BCUT2D eigenvalue weighted by Crippen LogP contribution is -2.45. The summed E-state index contributed by atoms with van der Waals surface area (Å²) in [5.74, 6) is -0.0567. The number of allylic oxidation sites excluding steroid dienone is 7. The summed E-state index contributed by atoms with van der Waals surface area (Å²) in [4.78, 5) is 24.5. The standard InChI is InChI=1S/C73H137NO5/c1-3-5-7-9-11-13-15-17-39-43-47-51-55-59-63-67-73(78)79-68-64-60-56-52-48-44-41-38-36-34-32-30-28-26-24-22-20-18-19-21-23-25-27-29-31-33-35-37-40-42-46-50-54-58-62-66-72(77)74-70(69-75)71(76)65-61-57-53-49-45-16-14-12-10-8-6-4-2/h17,20,22,26,28,39,61,65,70-71,75-76H,3-16,18-19,21,23-25,27,29-38,40-60,62-64,66-69H2,1-2H3,(H,74,77)/b22-20-,28-26-,39-17-,65-61+. The van der Waals surface area contributed by atoms with E-state index in [1.807, 2.05) is 6.08 Å². The molecular weight excluding hydrogens is 971 g/mol. The summed E-state index contributed by atoms with van der Waals surface area (Å²) in [5, 5.41) is 23.1. The Balaban J connectivity index is 3.37. The molecular formula is C73H137NO5. The maximum atomic E-state index is 12.5. The molecule has 0 bridgehead atoms. The first kappa shape index (κ1) is 76.8. The Morgan fingerprint density at radius 1 is 0.354 bits per heavy atom. The van der Waals surface area contributed by atoms with Gasteiger partial charge in [0.05, 0.1) is 25.4 Å². The van der Waals surface area contributed by atoms with Crippen molar-refractivity contribution in [2.45, 2.75) is 392 Å². The van der Waals surface area contributed by atoms with Crippen molar-refractivity contribution in [3.8, 4) is 0 Å². The molecule has 0 heterocycles. The minimum atomic E-state index is -0.842. The molecule has 0 saturated carbocycles. The van der Waals surface area contributed by atoms with Crippen molar-refractivity contribution in [1.29, 1.82) is 0 Å². The molecule has 0 aliphatic carbocycles. The van der Waals surface area contributed by atoms with Gasteiger partial charge in [0, 0.05) is 12.8 Å². The monoisotopic (exact) mass is 1110 g/mol. The van der Waals surface area contributed by atoms with E-state index in [1.165, 1.54) is 302 Å². The fraction of sp³-hybridized carbons (Fsp3) is 0.863. The van der Waals surface area contributed by atoms with Crippen molar-refractivity contribution in [1.82, 2.24) is 5.32 Å². The van der Waals surface area contributed by atoms with E-state index < -0.39 is 12.1 Å². The number of aliphatic hydroxyl groups is 2. The Morgan fingerprint density at radius 2 is 0.633 bits per heavy atom. The first-order valence-electron chi connectivity index (χ1n) is 35.4. The van der Waals surface area contributed by atoms with Crippen LogP contribution in [-0.4, -0.2) is 47.4 Å². The van der Waals surface area contributed by atoms with Crippen molar-refractivity contribution in [3.05, 3.63) is 48.6 Å². The summed E-state index contributed by atoms with van der Waals surface area (Å²) in [6, 6.07) is -0.625. The van der Waals surface area contributed by atoms with E-state index in [-0.39, 0.29) is 18.5 Å². The van der Waals surface area contributed by atoms with Gasteiger partial charge in [0.2, 0.25) is 5.91 Å². The summed E-state index contributed by atoms with van der Waals surface area (Å²) in [6.07, 6.45) is 89.2. The molecule has 0 aromatic rings. The lowest BCUT2D eigenvalue weighted by molar-refractivity contribution is -0.143. The van der Waals surface area contributed by atoms with Crippen molar-refractivity contribution in [3.63, 3.8) is 0 Å². The Morgan fingerprint density at radius 3 is 0.975 bits per heavy atom. The number of carbonyl (C=O) groups is 2. The van der Waals surface area contributed by atoms with Crippen molar-refractivity contribution in [2.24, 2.45) is 0 Å². The Kier molecular flexibility index (Phi) is 66.4. The maximum absolute atomic E-state index is 12.5. The molecule has 0 radical (unpaired) electrons. The first-order chi connectivity index (χ1) is 39.0. The fourth-order valence-electron chi connectivity index (χ4n) is 10.9. The van der Waals surface area contributed by atoms with E-state index in [0.717, 1.165) is 51.4 Å². The van der Waals surface area contributed by atoms with E-state index in [1.54, 1.807) is 6.08 Å². The predicted octanol–water partition coefficient (Wildman–Crippen LogP) is 22.9. The second kappa shape index (κ2) is 68.3. The quantitative estimate of drug-likeness (QED) is 0.0320. The van der Waals surface area contributed by atoms with Gasteiger partial charge >= 0.3 is 5.97 Å². The van der Waals surface area contributed by atoms with E-state index in [4.69, 9.17) is 4.74 Å². The molecule has 2 atom stereocenters. The van der Waals surface area contributed by atoms with E-state index in [2.05, 4.69) is 55.6 Å². The number of esters is 1. The molecule has 79 heavy (non-hydrogen) atoms. The lowest BCUT2D eigenvalue weighted by Gasteiger charge is -2.20. The molecule has 3 N–H and O–H groups in total. The fourth-order valence-corrected chi connectivity index (χ4v) is 10.9. The minimum Gasteiger partial charge on any atom is -0.466 e. The molecule has 0 aliphatic heterocycles. The summed E-state index contributed by atoms with van der Waals surface area (Å²) < 4.78 is 5.49. The zero-order valence-corrected chi connectivity index (χ0v) is 53.1. The van der Waals surface area contributed by atoms with Crippen molar-refractivity contribution in [2.75, 3.05) is 13.2 Å². The molecule has 0 aliphatic rings. The van der Waals surface area contributed by atoms with Gasteiger partial charge in [0.25, 0.3) is 0 Å². The van der Waals surface area contributed by atoms with Crippen LogP contribution in [0.5, 0.6) is 0 Å². The highest BCUT2D eigenvalue weighted by Crippen LogP contribution is 2.18. The van der Waals surface area contributed by atoms with Gasteiger partial charge in [-0.15, -0.1) is 0 Å². The third-order valence-electron chi connectivity index (χ3n) is 16.3. The van der Waals surface area contributed by atoms with Crippen LogP contribution < -0.4 is 5.32 Å². The van der Waals surface area contributed by atoms with E-state index in [9.17, 15) is 19.8 Å². The number of ether oxygens (including phenoxy) is 1. The van der Waals surface area contributed by atoms with Crippen LogP contribution in [0.15, 0.2) is 48.6 Å². The summed E-state index contributed by atoms with van der Waals surface area (Å²) in [6.45, 7) is 4.91. The van der Waals surface area contributed by atoms with Crippen LogP contribution in [0.25, 0.3) is 0 Å². The van der Waals surface area contributed by atoms with Crippen molar-refractivity contribution >= 4 is 11.9 Å². The molecule has 0 saturated heterocycles. The normalized spacial score (nSPS) is 12.8. The van der Waals surface area contributed by atoms with E-state index in [0.29, 0.717) is 19.4 Å². The Labute approximate surface area is 493 Å². The Hall–Kier alpha value is -2.18. The zero-order chi connectivity index (χ0) is 57.1. The zero-order valence-electron chi connectivity index (χ0n) is 53.1. The van der Waals surface area contributed by atoms with Crippen LogP contribution in [0.4, 0.5) is 0 Å². The van der Waals surface area contributed by atoms with Crippen LogP contribution in [0.1, 0.15) is 380 Å². The van der Waals surface area contributed by atoms with Crippen LogP contribution in [0, 0.1) is 0 Å². The van der Waals surface area contributed by atoms with Gasteiger partial charge in [-0.3, -0.25) is 9.59 Å². The molecule has 6 nitrogen and oxygen atoms in total. The number of aliphatic hydroxyl groups excluding tert-OH is 2. The van der Waals surface area contributed by atoms with Gasteiger partial charge < -0.3 is 20.3 Å². The average molecular weight is 1110 g/mol. The second-order valence-electron chi connectivity index (χ2n) is 24.2. The molecule has 1 amide bonds. The number of nitrogens with one attached hydrogen (secondary N) is 1. The van der Waals surface area contributed by atoms with Gasteiger partial charge in [0.15, 0.2) is 0 Å². The molecule has 6 heteroatoms. The first-order valence-corrected chi connectivity index (χ1v) is 35.4. The number of unbranched alkanes of at least 4 members (excludes halogenated alkanes) is 49. The largest absolute Gasteiger partial charge is 0.466 e. The summed E-state index contributed by atoms with van der Waals surface area (Å²) in [5.41, 5.74) is 0. The summed E-state index contributed by atoms with van der Waals surface area (Å²) in [7, 11) is 0. The smallest absolute Gasteiger partial charge is 0.305 e. The van der Waals surface area contributed by atoms with Gasteiger partial charge in [-0.1, -0.05) is 326 Å². The second-order valence-corrected chi connectivity index (χ2v) is 24.2. The topological polar surface area (TPSA) is 95.9 Å². The number of hydrogen-bond acceptors (Lipinski definition) is 5. The van der Waals surface area contributed by atoms with E-state index >= 15 is 0 Å². The van der Waals surface area contributed by atoms with Crippen LogP contribution in [-0.2, 0) is 14.3 Å². The molecule has 0 fully saturated rings. The van der Waals surface area contributed by atoms with Crippen LogP contribution >= 0.6 is 0 Å². The molecule has 0 aromatic carbocycles. The Bertz CT molecular complexity index is 1320. The predicted molar refractivity (Wildman–Crippen MR) is 347 cm³/mol. The highest BCUT2D eigenvalue weighted by Gasteiger charge is 2.18. The number of rotatable bonds is 66. The third-order valence-corrected chi connectivity index (χ3v) is 16.3. The number of hydrogen-bond donors (Lipinski definition) is 3. The minimum absolute atomic E-state index is 0.00864. The average Bonchev–Trinajstić information content (AvgIpc) is 3.45. The highest BCUT2D eigenvalue weighted by atomic mass is 16.5. The third kappa shape index (κ3) is 64.8. The van der Waals surface area contributed by atoms with Gasteiger partial charge in [-0.2, -0.15) is 0 Å². The van der Waals surface area contributed by atoms with Crippen molar-refractivity contribution < 1.29 is 24.5 Å². The molecule has 0 spiro atoms. The molecule has 0 rings (SSSR count). The SMILES string of the molecule is CCCCCCCC/C=C\CCCCCCCC(=O)OCCCCCCCCCCCCC/C=C\C/C=C\CCCCCCCCCCCCCCCCCCCC(=O)NC(CO)C(O)/C=C/CCCCCCCCCCCC. The summed E-state index contributed by atoms with van der Waals surface area (Å²) >= 11 is 0. The van der Waals surface area contributed by atoms with Gasteiger partial charge in [-0.05, 0) is 89.9 Å². The van der Waals surface area contributed by atoms with Crippen LogP contribution in [0.2, 0.25) is 0 Å². The highest BCUT2D eigenvalue weighted by molar-refractivity contribution is 5.76. The van der Waals surface area contributed by atoms with Gasteiger partial charge in [0.1, 0.15) is 0 Å². The maximum Gasteiger partial charge on any atom is 0.305 e. The van der Waals surface area contributed by atoms with Gasteiger partial charge in [-0.25, -0.2) is 0 Å². The molecule has 2 unspecified atom stereocenters. The van der Waals surface area contributed by atoms with Crippen LogP contribution in [0.3, 0.4) is 0 Å². The number of amides is 1.